The van der Waals surface area contributed by atoms with E-state index in [-0.39, 0.29) is 0 Å². The van der Waals surface area contributed by atoms with E-state index in [4.69, 9.17) is 8.83 Å². The van der Waals surface area contributed by atoms with Gasteiger partial charge in [0, 0.05) is 43.7 Å². The molecule has 0 atom stereocenters. The van der Waals surface area contributed by atoms with Crippen LogP contribution in [0.25, 0.3) is 82.1 Å². The fraction of sp³-hybridized carbons (Fsp3) is 0. The standard InChI is InChI=1S/C46H28N2O2/c1-2-15-32-29(12-1)26-27-37-44-40(22-11-25-43(44)50-45(32)37)48(41-23-10-19-36-35-18-5-8-24-42(35)49-46(36)41)31-14-9-13-30(28-31)47-38-20-6-3-16-33(38)34-17-4-7-21-39(34)47/h1-28H. The van der Waals surface area contributed by atoms with E-state index in [1.165, 1.54) is 21.8 Å². The molecule has 3 aromatic heterocycles. The second-order valence-electron chi connectivity index (χ2n) is 12.9. The molecule has 0 spiro atoms. The SMILES string of the molecule is c1cc(N(c2cccc3c2oc2ccccc23)c2cccc3oc4c5ccccc5ccc4c23)cc(-n2c3ccccc3c3ccccc32)c1. The normalized spacial score (nSPS) is 12.0. The summed E-state index contributed by atoms with van der Waals surface area (Å²) in [6.45, 7) is 0. The highest BCUT2D eigenvalue weighted by Crippen LogP contribution is 2.47. The van der Waals surface area contributed by atoms with Crippen LogP contribution in [-0.4, -0.2) is 4.57 Å². The molecule has 0 saturated heterocycles. The Kier molecular flexibility index (Phi) is 5.63. The van der Waals surface area contributed by atoms with Gasteiger partial charge in [0.1, 0.15) is 16.7 Å². The summed E-state index contributed by atoms with van der Waals surface area (Å²) in [7, 11) is 0. The van der Waals surface area contributed by atoms with Crippen LogP contribution in [0.1, 0.15) is 0 Å². The molecule has 8 aromatic carbocycles. The Labute approximate surface area is 286 Å². The predicted octanol–water partition coefficient (Wildman–Crippen LogP) is 13.2. The minimum absolute atomic E-state index is 0.839. The third-order valence-corrected chi connectivity index (χ3v) is 10.2. The average Bonchev–Trinajstić information content (AvgIpc) is 3.86. The Bertz CT molecular complexity index is 3070. The van der Waals surface area contributed by atoms with Gasteiger partial charge in [-0.3, -0.25) is 0 Å². The topological polar surface area (TPSA) is 34.5 Å². The first-order valence-corrected chi connectivity index (χ1v) is 16.9. The van der Waals surface area contributed by atoms with Gasteiger partial charge in [0.15, 0.2) is 5.58 Å². The molecular formula is C46H28N2O2. The van der Waals surface area contributed by atoms with E-state index in [0.717, 1.165) is 77.4 Å². The van der Waals surface area contributed by atoms with Crippen LogP contribution < -0.4 is 4.90 Å². The molecule has 11 rings (SSSR count). The summed E-state index contributed by atoms with van der Waals surface area (Å²) < 4.78 is 15.8. The van der Waals surface area contributed by atoms with Crippen molar-refractivity contribution < 1.29 is 8.83 Å². The molecule has 0 aliphatic heterocycles. The van der Waals surface area contributed by atoms with Gasteiger partial charge in [0.25, 0.3) is 0 Å². The summed E-state index contributed by atoms with van der Waals surface area (Å²) in [5.41, 5.74) is 9.86. The van der Waals surface area contributed by atoms with Crippen molar-refractivity contribution in [3.63, 3.8) is 0 Å². The van der Waals surface area contributed by atoms with E-state index in [9.17, 15) is 0 Å². The number of furan rings is 2. The number of fused-ring (bicyclic) bond motifs is 11. The lowest BCUT2D eigenvalue weighted by atomic mass is 10.0. The summed E-state index contributed by atoms with van der Waals surface area (Å²) in [5.74, 6) is 0. The summed E-state index contributed by atoms with van der Waals surface area (Å²) in [6.07, 6.45) is 0. The van der Waals surface area contributed by atoms with Crippen LogP contribution >= 0.6 is 0 Å². The van der Waals surface area contributed by atoms with Crippen molar-refractivity contribution in [2.24, 2.45) is 0 Å². The number of nitrogens with zero attached hydrogens (tertiary/aromatic N) is 2. The van der Waals surface area contributed by atoms with Crippen LogP contribution in [0.3, 0.4) is 0 Å². The minimum Gasteiger partial charge on any atom is -0.455 e. The van der Waals surface area contributed by atoms with Crippen molar-refractivity contribution in [2.75, 3.05) is 4.90 Å². The smallest absolute Gasteiger partial charge is 0.159 e. The van der Waals surface area contributed by atoms with E-state index in [0.29, 0.717) is 0 Å². The summed E-state index contributed by atoms with van der Waals surface area (Å²) in [6, 6.07) is 60.0. The third kappa shape index (κ3) is 3.81. The molecule has 0 aliphatic rings. The van der Waals surface area contributed by atoms with Crippen LogP contribution in [0.15, 0.2) is 179 Å². The van der Waals surface area contributed by atoms with E-state index >= 15 is 0 Å². The molecule has 4 nitrogen and oxygen atoms in total. The zero-order valence-corrected chi connectivity index (χ0v) is 26.9. The third-order valence-electron chi connectivity index (χ3n) is 10.2. The molecule has 0 bridgehead atoms. The average molecular weight is 641 g/mol. The maximum absolute atomic E-state index is 6.69. The molecule has 0 N–H and O–H groups in total. The number of para-hydroxylation sites is 4. The van der Waals surface area contributed by atoms with E-state index in [1.54, 1.807) is 0 Å². The molecule has 50 heavy (non-hydrogen) atoms. The lowest BCUT2D eigenvalue weighted by Gasteiger charge is -2.27. The van der Waals surface area contributed by atoms with E-state index < -0.39 is 0 Å². The van der Waals surface area contributed by atoms with Crippen molar-refractivity contribution in [3.8, 4) is 5.69 Å². The van der Waals surface area contributed by atoms with Crippen LogP contribution in [0.2, 0.25) is 0 Å². The Morgan fingerprint density at radius 1 is 0.400 bits per heavy atom. The number of aromatic nitrogens is 1. The molecule has 234 valence electrons. The molecule has 0 saturated carbocycles. The Hall–Kier alpha value is -6.78. The minimum atomic E-state index is 0.839. The lowest BCUT2D eigenvalue weighted by molar-refractivity contribution is 0.669. The van der Waals surface area contributed by atoms with Crippen molar-refractivity contribution in [2.45, 2.75) is 0 Å². The first-order chi connectivity index (χ1) is 24.8. The fourth-order valence-electron chi connectivity index (χ4n) is 8.01. The molecular weight excluding hydrogens is 613 g/mol. The molecule has 0 amide bonds. The van der Waals surface area contributed by atoms with Gasteiger partial charge in [0.05, 0.1) is 27.8 Å². The van der Waals surface area contributed by atoms with Gasteiger partial charge >= 0.3 is 0 Å². The number of anilines is 3. The first-order valence-electron chi connectivity index (χ1n) is 16.9. The molecule has 0 unspecified atom stereocenters. The Morgan fingerprint density at radius 3 is 1.86 bits per heavy atom. The zero-order valence-electron chi connectivity index (χ0n) is 26.9. The second kappa shape index (κ2) is 10.4. The van der Waals surface area contributed by atoms with Crippen molar-refractivity contribution in [3.05, 3.63) is 170 Å². The van der Waals surface area contributed by atoms with E-state index in [2.05, 4.69) is 167 Å². The summed E-state index contributed by atoms with van der Waals surface area (Å²) >= 11 is 0. The monoisotopic (exact) mass is 640 g/mol. The van der Waals surface area contributed by atoms with Crippen LogP contribution in [-0.2, 0) is 0 Å². The number of hydrogen-bond donors (Lipinski definition) is 0. The van der Waals surface area contributed by atoms with E-state index in [1.807, 2.05) is 12.1 Å². The summed E-state index contributed by atoms with van der Waals surface area (Å²) in [5, 5.41) is 9.05. The van der Waals surface area contributed by atoms with Crippen molar-refractivity contribution >= 4 is 93.5 Å². The highest BCUT2D eigenvalue weighted by Gasteiger charge is 2.24. The maximum atomic E-state index is 6.69. The second-order valence-corrected chi connectivity index (χ2v) is 12.9. The number of benzene rings is 8. The lowest BCUT2D eigenvalue weighted by Crippen LogP contribution is -2.11. The van der Waals surface area contributed by atoms with Crippen LogP contribution in [0, 0.1) is 0 Å². The highest BCUT2D eigenvalue weighted by atomic mass is 16.3. The van der Waals surface area contributed by atoms with Gasteiger partial charge in [-0.25, -0.2) is 0 Å². The van der Waals surface area contributed by atoms with Crippen molar-refractivity contribution in [1.82, 2.24) is 4.57 Å². The zero-order chi connectivity index (χ0) is 32.8. The largest absolute Gasteiger partial charge is 0.455 e. The quantitative estimate of drug-likeness (QED) is 0.192. The van der Waals surface area contributed by atoms with Crippen LogP contribution in [0.5, 0.6) is 0 Å². The van der Waals surface area contributed by atoms with Gasteiger partial charge in [-0.15, -0.1) is 0 Å². The van der Waals surface area contributed by atoms with Crippen molar-refractivity contribution in [1.29, 1.82) is 0 Å². The molecule has 11 aromatic rings. The molecule has 0 fully saturated rings. The van der Waals surface area contributed by atoms with Gasteiger partial charge in [-0.05, 0) is 66.0 Å². The van der Waals surface area contributed by atoms with Gasteiger partial charge in [0.2, 0.25) is 0 Å². The van der Waals surface area contributed by atoms with Gasteiger partial charge in [-0.1, -0.05) is 109 Å². The Balaban J connectivity index is 1.23. The highest BCUT2D eigenvalue weighted by molar-refractivity contribution is 6.20. The number of hydrogen-bond acceptors (Lipinski definition) is 3. The number of rotatable bonds is 4. The van der Waals surface area contributed by atoms with Crippen LogP contribution in [0.4, 0.5) is 17.1 Å². The van der Waals surface area contributed by atoms with Gasteiger partial charge in [-0.2, -0.15) is 0 Å². The van der Waals surface area contributed by atoms with Gasteiger partial charge < -0.3 is 18.3 Å². The molecule has 0 radical (unpaired) electrons. The summed E-state index contributed by atoms with van der Waals surface area (Å²) in [4.78, 5) is 2.34. The molecule has 0 aliphatic carbocycles. The maximum Gasteiger partial charge on any atom is 0.159 e. The first kappa shape index (κ1) is 27.2. The molecule has 3 heterocycles. The predicted molar refractivity (Wildman–Crippen MR) is 208 cm³/mol. The molecule has 4 heteroatoms. The Morgan fingerprint density at radius 2 is 1.02 bits per heavy atom. The fourth-order valence-corrected chi connectivity index (χ4v) is 8.01.